The van der Waals surface area contributed by atoms with E-state index in [4.69, 9.17) is 5.84 Å². The molecule has 0 spiro atoms. The Balaban J connectivity index is 2.06. The normalized spacial score (nSPS) is 12.4. The molecular formula is C15H18FN3. The van der Waals surface area contributed by atoms with Crippen molar-refractivity contribution < 1.29 is 4.39 Å². The number of hydrogen-bond donors (Lipinski definition) is 2. The molecule has 0 bridgehead atoms. The lowest BCUT2D eigenvalue weighted by molar-refractivity contribution is 0.516. The number of nitrogens with two attached hydrogens (primary N) is 1. The summed E-state index contributed by atoms with van der Waals surface area (Å²) in [5.74, 6) is 5.39. The molecule has 1 aromatic heterocycles. The van der Waals surface area contributed by atoms with E-state index in [0.29, 0.717) is 0 Å². The number of nitrogens with one attached hydrogen (secondary N) is 1. The van der Waals surface area contributed by atoms with Gasteiger partial charge in [-0.3, -0.25) is 16.3 Å². The van der Waals surface area contributed by atoms with E-state index >= 15 is 0 Å². The Morgan fingerprint density at radius 1 is 1.26 bits per heavy atom. The second kappa shape index (κ2) is 6.41. The Morgan fingerprint density at radius 2 is 2.11 bits per heavy atom. The predicted octanol–water partition coefficient (Wildman–Crippen LogP) is 2.15. The summed E-state index contributed by atoms with van der Waals surface area (Å²) < 4.78 is 13.1. The number of rotatable bonds is 5. The number of hydrogen-bond acceptors (Lipinski definition) is 3. The standard InChI is InChI=1S/C15H18FN3/c1-11-8-13(16)6-5-12(11)9-15(19-17)10-14-4-2-3-7-18-14/h2-8,15,19H,9-10,17H2,1H3. The van der Waals surface area contributed by atoms with Crippen LogP contribution in [-0.2, 0) is 12.8 Å². The molecule has 1 heterocycles. The lowest BCUT2D eigenvalue weighted by Gasteiger charge is -2.17. The zero-order valence-electron chi connectivity index (χ0n) is 10.9. The van der Waals surface area contributed by atoms with Gasteiger partial charge in [0, 0.05) is 24.4 Å². The van der Waals surface area contributed by atoms with Crippen LogP contribution in [0.15, 0.2) is 42.6 Å². The van der Waals surface area contributed by atoms with Gasteiger partial charge in [-0.1, -0.05) is 12.1 Å². The van der Waals surface area contributed by atoms with Gasteiger partial charge in [0.2, 0.25) is 0 Å². The van der Waals surface area contributed by atoms with Crippen LogP contribution in [0.3, 0.4) is 0 Å². The molecule has 19 heavy (non-hydrogen) atoms. The van der Waals surface area contributed by atoms with E-state index in [1.807, 2.05) is 31.2 Å². The van der Waals surface area contributed by atoms with Crippen LogP contribution in [0.2, 0.25) is 0 Å². The van der Waals surface area contributed by atoms with Crippen molar-refractivity contribution >= 4 is 0 Å². The fourth-order valence-corrected chi connectivity index (χ4v) is 2.12. The van der Waals surface area contributed by atoms with Gasteiger partial charge in [0.1, 0.15) is 5.82 Å². The zero-order chi connectivity index (χ0) is 13.7. The highest BCUT2D eigenvalue weighted by atomic mass is 19.1. The fourth-order valence-electron chi connectivity index (χ4n) is 2.12. The van der Waals surface area contributed by atoms with E-state index in [0.717, 1.165) is 29.7 Å². The molecule has 1 atom stereocenters. The number of nitrogens with zero attached hydrogens (tertiary/aromatic N) is 1. The molecule has 0 radical (unpaired) electrons. The first kappa shape index (κ1) is 13.6. The van der Waals surface area contributed by atoms with Crippen molar-refractivity contribution in [3.05, 3.63) is 65.2 Å². The molecule has 0 saturated heterocycles. The highest BCUT2D eigenvalue weighted by Gasteiger charge is 2.11. The predicted molar refractivity (Wildman–Crippen MR) is 73.9 cm³/mol. The first-order chi connectivity index (χ1) is 9.19. The van der Waals surface area contributed by atoms with Crippen molar-refractivity contribution in [3.8, 4) is 0 Å². The Hall–Kier alpha value is -1.78. The smallest absolute Gasteiger partial charge is 0.123 e. The van der Waals surface area contributed by atoms with Gasteiger partial charge in [-0.2, -0.15) is 0 Å². The second-order valence-electron chi connectivity index (χ2n) is 4.66. The summed E-state index contributed by atoms with van der Waals surface area (Å²) in [5.41, 5.74) is 5.84. The van der Waals surface area contributed by atoms with Crippen molar-refractivity contribution in [2.45, 2.75) is 25.8 Å². The number of hydrazine groups is 1. The van der Waals surface area contributed by atoms with Gasteiger partial charge >= 0.3 is 0 Å². The number of benzene rings is 1. The average Bonchev–Trinajstić information content (AvgIpc) is 2.42. The highest BCUT2D eigenvalue weighted by molar-refractivity contribution is 5.27. The van der Waals surface area contributed by atoms with E-state index in [1.165, 1.54) is 6.07 Å². The molecule has 2 rings (SSSR count). The van der Waals surface area contributed by atoms with Crippen molar-refractivity contribution in [1.82, 2.24) is 10.4 Å². The third kappa shape index (κ3) is 3.84. The van der Waals surface area contributed by atoms with Gasteiger partial charge < -0.3 is 0 Å². The second-order valence-corrected chi connectivity index (χ2v) is 4.66. The van der Waals surface area contributed by atoms with Gasteiger partial charge in [-0.25, -0.2) is 4.39 Å². The first-order valence-electron chi connectivity index (χ1n) is 6.30. The third-order valence-corrected chi connectivity index (χ3v) is 3.19. The number of pyridine rings is 1. The van der Waals surface area contributed by atoms with Crippen molar-refractivity contribution in [2.24, 2.45) is 5.84 Å². The summed E-state index contributed by atoms with van der Waals surface area (Å²) >= 11 is 0. The summed E-state index contributed by atoms with van der Waals surface area (Å²) in [6, 6.07) is 10.7. The topological polar surface area (TPSA) is 50.9 Å². The Kier molecular flexibility index (Phi) is 4.60. The lowest BCUT2D eigenvalue weighted by atomic mass is 9.98. The van der Waals surface area contributed by atoms with Gasteiger partial charge in [-0.15, -0.1) is 0 Å². The summed E-state index contributed by atoms with van der Waals surface area (Å²) in [5, 5.41) is 0. The monoisotopic (exact) mass is 259 g/mol. The molecule has 3 N–H and O–H groups in total. The first-order valence-corrected chi connectivity index (χ1v) is 6.30. The molecule has 2 aromatic rings. The maximum Gasteiger partial charge on any atom is 0.123 e. The van der Waals surface area contributed by atoms with Crippen LogP contribution in [0.4, 0.5) is 4.39 Å². The highest BCUT2D eigenvalue weighted by Crippen LogP contribution is 2.13. The number of aryl methyl sites for hydroxylation is 1. The molecule has 1 aromatic carbocycles. The number of halogens is 1. The quantitative estimate of drug-likeness (QED) is 0.639. The van der Waals surface area contributed by atoms with E-state index < -0.39 is 0 Å². The van der Waals surface area contributed by atoms with Gasteiger partial charge in [-0.05, 0) is 48.7 Å². The van der Waals surface area contributed by atoms with Crippen LogP contribution in [0.25, 0.3) is 0 Å². The minimum absolute atomic E-state index is 0.0825. The fraction of sp³-hybridized carbons (Fsp3) is 0.267. The van der Waals surface area contributed by atoms with Crippen molar-refractivity contribution in [1.29, 1.82) is 0 Å². The van der Waals surface area contributed by atoms with Crippen molar-refractivity contribution in [3.63, 3.8) is 0 Å². The SMILES string of the molecule is Cc1cc(F)ccc1CC(Cc1ccccn1)NN. The number of aromatic nitrogens is 1. The molecule has 0 aliphatic heterocycles. The Labute approximate surface area is 112 Å². The van der Waals surface area contributed by atoms with Crippen LogP contribution >= 0.6 is 0 Å². The van der Waals surface area contributed by atoms with Crippen LogP contribution in [0, 0.1) is 12.7 Å². The Morgan fingerprint density at radius 3 is 2.74 bits per heavy atom. The van der Waals surface area contributed by atoms with Crippen LogP contribution in [0.5, 0.6) is 0 Å². The van der Waals surface area contributed by atoms with Crippen LogP contribution in [0.1, 0.15) is 16.8 Å². The van der Waals surface area contributed by atoms with E-state index in [2.05, 4.69) is 10.4 Å². The van der Waals surface area contributed by atoms with Crippen LogP contribution < -0.4 is 11.3 Å². The molecular weight excluding hydrogens is 241 g/mol. The van der Waals surface area contributed by atoms with E-state index in [1.54, 1.807) is 12.3 Å². The van der Waals surface area contributed by atoms with Crippen LogP contribution in [-0.4, -0.2) is 11.0 Å². The van der Waals surface area contributed by atoms with Gasteiger partial charge in [0.15, 0.2) is 0 Å². The molecule has 0 amide bonds. The minimum atomic E-state index is -0.205. The van der Waals surface area contributed by atoms with Gasteiger partial charge in [0.25, 0.3) is 0 Å². The summed E-state index contributed by atoms with van der Waals surface area (Å²) in [6.45, 7) is 1.91. The summed E-state index contributed by atoms with van der Waals surface area (Å²) in [6.07, 6.45) is 3.26. The average molecular weight is 259 g/mol. The Bertz CT molecular complexity index is 528. The summed E-state index contributed by atoms with van der Waals surface area (Å²) in [7, 11) is 0. The zero-order valence-corrected chi connectivity index (χ0v) is 10.9. The molecule has 0 aliphatic rings. The molecule has 0 aliphatic carbocycles. The molecule has 3 nitrogen and oxygen atoms in total. The third-order valence-electron chi connectivity index (χ3n) is 3.19. The van der Waals surface area contributed by atoms with Gasteiger partial charge in [0.05, 0.1) is 0 Å². The maximum absolute atomic E-state index is 13.1. The molecule has 100 valence electrons. The van der Waals surface area contributed by atoms with E-state index in [-0.39, 0.29) is 11.9 Å². The molecule has 4 heteroatoms. The molecule has 1 unspecified atom stereocenters. The summed E-state index contributed by atoms with van der Waals surface area (Å²) in [4.78, 5) is 4.29. The van der Waals surface area contributed by atoms with E-state index in [9.17, 15) is 4.39 Å². The van der Waals surface area contributed by atoms with Crippen molar-refractivity contribution in [2.75, 3.05) is 0 Å². The minimum Gasteiger partial charge on any atom is -0.271 e. The molecule has 0 fully saturated rings. The molecule has 0 saturated carbocycles. The lowest BCUT2D eigenvalue weighted by Crippen LogP contribution is -2.38. The largest absolute Gasteiger partial charge is 0.271 e. The maximum atomic E-state index is 13.1.